The average Bonchev–Trinajstić information content (AvgIpc) is 3.06. The van der Waals surface area contributed by atoms with Crippen LogP contribution in [0.4, 0.5) is 10.1 Å². The highest BCUT2D eigenvalue weighted by atomic mass is 79.9. The second kappa shape index (κ2) is 15.7. The maximum absolute atomic E-state index is 15.3. The van der Waals surface area contributed by atoms with Gasteiger partial charge in [-0.05, 0) is 67.3 Å². The molecule has 1 saturated carbocycles. The fraction of sp³-hybridized carbons (Fsp3) is 0.297. The van der Waals surface area contributed by atoms with Crippen molar-refractivity contribution in [3.63, 3.8) is 0 Å². The number of halogens is 2. The minimum atomic E-state index is -4.39. The van der Waals surface area contributed by atoms with Gasteiger partial charge in [0.1, 0.15) is 18.4 Å². The first-order valence-corrected chi connectivity index (χ1v) is 18.1. The topological polar surface area (TPSA) is 86.8 Å². The quantitative estimate of drug-likeness (QED) is 0.168. The molecule has 0 saturated heterocycles. The van der Waals surface area contributed by atoms with E-state index in [-0.39, 0.29) is 35.5 Å². The molecule has 1 fully saturated rings. The van der Waals surface area contributed by atoms with Gasteiger partial charge in [-0.1, -0.05) is 107 Å². The predicted octanol–water partition coefficient (Wildman–Crippen LogP) is 7.18. The van der Waals surface area contributed by atoms with Crippen LogP contribution in [0.5, 0.6) is 0 Å². The second-order valence-electron chi connectivity index (χ2n) is 12.0. The monoisotopic (exact) mass is 719 g/mol. The van der Waals surface area contributed by atoms with Crippen LogP contribution in [0.15, 0.2) is 112 Å². The van der Waals surface area contributed by atoms with Crippen molar-refractivity contribution < 1.29 is 22.4 Å². The first-order valence-electron chi connectivity index (χ1n) is 15.8. The number of benzene rings is 4. The van der Waals surface area contributed by atoms with E-state index >= 15 is 4.39 Å². The van der Waals surface area contributed by atoms with E-state index in [1.54, 1.807) is 12.1 Å². The Hall–Kier alpha value is -4.02. The first kappa shape index (κ1) is 34.3. The van der Waals surface area contributed by atoms with Gasteiger partial charge < -0.3 is 10.2 Å². The molecule has 0 spiro atoms. The summed E-state index contributed by atoms with van der Waals surface area (Å²) in [6.07, 6.45) is 5.09. The molecule has 1 aliphatic carbocycles. The average molecular weight is 721 g/mol. The zero-order valence-electron chi connectivity index (χ0n) is 26.3. The van der Waals surface area contributed by atoms with Crippen molar-refractivity contribution in [2.24, 2.45) is 0 Å². The largest absolute Gasteiger partial charge is 0.352 e. The first-order chi connectivity index (χ1) is 22.6. The van der Waals surface area contributed by atoms with Gasteiger partial charge in [0.15, 0.2) is 0 Å². The molecule has 0 aliphatic heterocycles. The number of hydrogen-bond donors (Lipinski definition) is 1. The van der Waals surface area contributed by atoms with Crippen LogP contribution in [0, 0.1) is 12.7 Å². The Morgan fingerprint density at radius 3 is 2.21 bits per heavy atom. The van der Waals surface area contributed by atoms with E-state index in [4.69, 9.17) is 0 Å². The summed E-state index contributed by atoms with van der Waals surface area (Å²) in [5, 5.41) is 3.19. The summed E-state index contributed by atoms with van der Waals surface area (Å²) in [7, 11) is -4.39. The van der Waals surface area contributed by atoms with Crippen molar-refractivity contribution >= 4 is 43.5 Å². The van der Waals surface area contributed by atoms with Crippen molar-refractivity contribution in [2.45, 2.75) is 69.0 Å². The highest BCUT2D eigenvalue weighted by molar-refractivity contribution is 9.10. The standard InChI is InChI=1S/C37H39BrFN3O4S/c1-27-19-21-32(22-20-27)47(45,46)42(34-18-9-8-17-33(34)39)26-36(43)41(25-29-13-10-14-30(38)23-29)35(24-28-11-4-2-5-12-28)37(44)40-31-15-6-3-7-16-31/h2,4-5,8-14,17-23,31,35H,3,6-7,15-16,24-26H2,1H3,(H,40,44)/t35-/m1/s1. The SMILES string of the molecule is Cc1ccc(S(=O)(=O)N(CC(=O)N(Cc2cccc(Br)c2)[C@H](Cc2ccccc2)C(=O)NC2CCCCC2)c2ccccc2F)cc1. The van der Waals surface area contributed by atoms with Crippen LogP contribution in [-0.2, 0) is 32.6 Å². The van der Waals surface area contributed by atoms with Crippen molar-refractivity contribution in [1.29, 1.82) is 0 Å². The minimum Gasteiger partial charge on any atom is -0.352 e. The Balaban J connectivity index is 1.57. The third kappa shape index (κ3) is 8.87. The molecule has 5 rings (SSSR count). The molecule has 1 atom stereocenters. The van der Waals surface area contributed by atoms with Gasteiger partial charge in [0.05, 0.1) is 10.6 Å². The molecule has 2 amide bonds. The third-order valence-corrected chi connectivity index (χ3v) is 10.7. The minimum absolute atomic E-state index is 0.00540. The van der Waals surface area contributed by atoms with Gasteiger partial charge in [-0.2, -0.15) is 0 Å². The van der Waals surface area contributed by atoms with Gasteiger partial charge in [0.2, 0.25) is 11.8 Å². The molecule has 47 heavy (non-hydrogen) atoms. The fourth-order valence-corrected chi connectivity index (χ4v) is 7.80. The van der Waals surface area contributed by atoms with E-state index in [0.717, 1.165) is 63.6 Å². The molecule has 10 heteroatoms. The maximum Gasteiger partial charge on any atom is 0.264 e. The van der Waals surface area contributed by atoms with Gasteiger partial charge in [-0.25, -0.2) is 12.8 Å². The summed E-state index contributed by atoms with van der Waals surface area (Å²) < 4.78 is 45.2. The summed E-state index contributed by atoms with van der Waals surface area (Å²) in [5.41, 5.74) is 2.19. The highest BCUT2D eigenvalue weighted by Crippen LogP contribution is 2.28. The Labute approximate surface area is 285 Å². The van der Waals surface area contributed by atoms with Crippen LogP contribution < -0.4 is 9.62 Å². The normalized spacial score (nSPS) is 14.3. The van der Waals surface area contributed by atoms with Crippen LogP contribution in [0.3, 0.4) is 0 Å². The van der Waals surface area contributed by atoms with E-state index in [0.29, 0.717) is 0 Å². The number of nitrogens with one attached hydrogen (secondary N) is 1. The van der Waals surface area contributed by atoms with Crippen molar-refractivity contribution in [2.75, 3.05) is 10.8 Å². The molecule has 0 heterocycles. The van der Waals surface area contributed by atoms with Crippen LogP contribution >= 0.6 is 15.9 Å². The van der Waals surface area contributed by atoms with Gasteiger partial charge in [0.25, 0.3) is 10.0 Å². The molecule has 0 bridgehead atoms. The lowest BCUT2D eigenvalue weighted by atomic mass is 9.94. The molecule has 0 unspecified atom stereocenters. The number of aryl methyl sites for hydroxylation is 1. The molecule has 1 aliphatic rings. The summed E-state index contributed by atoms with van der Waals surface area (Å²) in [4.78, 5) is 30.1. The fourth-order valence-electron chi connectivity index (χ4n) is 5.94. The van der Waals surface area contributed by atoms with Gasteiger partial charge >= 0.3 is 0 Å². The number of amides is 2. The smallest absolute Gasteiger partial charge is 0.264 e. The van der Waals surface area contributed by atoms with Crippen molar-refractivity contribution in [1.82, 2.24) is 10.2 Å². The number of anilines is 1. The Bertz CT molecular complexity index is 1780. The van der Waals surface area contributed by atoms with E-state index in [2.05, 4.69) is 21.2 Å². The van der Waals surface area contributed by atoms with Gasteiger partial charge in [0, 0.05) is 23.5 Å². The summed E-state index contributed by atoms with van der Waals surface area (Å²) in [6, 6.07) is 27.5. The second-order valence-corrected chi connectivity index (χ2v) is 14.8. The van der Waals surface area contributed by atoms with Crippen LogP contribution in [0.2, 0.25) is 0 Å². The Morgan fingerprint density at radius 2 is 1.53 bits per heavy atom. The van der Waals surface area contributed by atoms with Crippen molar-refractivity contribution in [3.05, 3.63) is 130 Å². The van der Waals surface area contributed by atoms with E-state index in [9.17, 15) is 18.0 Å². The molecular weight excluding hydrogens is 681 g/mol. The lowest BCUT2D eigenvalue weighted by Gasteiger charge is -2.35. The number of carbonyl (C=O) groups excluding carboxylic acids is 2. The number of sulfonamides is 1. The van der Waals surface area contributed by atoms with E-state index < -0.39 is 34.3 Å². The van der Waals surface area contributed by atoms with Crippen LogP contribution in [-0.4, -0.2) is 43.8 Å². The number of carbonyl (C=O) groups is 2. The van der Waals surface area contributed by atoms with E-state index in [1.807, 2.05) is 61.5 Å². The van der Waals surface area contributed by atoms with Crippen LogP contribution in [0.25, 0.3) is 0 Å². The lowest BCUT2D eigenvalue weighted by Crippen LogP contribution is -2.55. The summed E-state index contributed by atoms with van der Waals surface area (Å²) >= 11 is 3.50. The molecule has 4 aromatic rings. The van der Waals surface area contributed by atoms with Crippen molar-refractivity contribution in [3.8, 4) is 0 Å². The predicted molar refractivity (Wildman–Crippen MR) is 186 cm³/mol. The molecule has 4 aromatic carbocycles. The van der Waals surface area contributed by atoms with Crippen LogP contribution in [0.1, 0.15) is 48.8 Å². The number of hydrogen-bond acceptors (Lipinski definition) is 4. The highest BCUT2D eigenvalue weighted by Gasteiger charge is 2.36. The molecule has 1 N–H and O–H groups in total. The summed E-state index contributed by atoms with van der Waals surface area (Å²) in [5.74, 6) is -1.73. The lowest BCUT2D eigenvalue weighted by molar-refractivity contribution is -0.140. The van der Waals surface area contributed by atoms with Gasteiger partial charge in [-0.15, -0.1) is 0 Å². The maximum atomic E-state index is 15.3. The number of para-hydroxylation sites is 1. The molecule has 246 valence electrons. The van der Waals surface area contributed by atoms with E-state index in [1.165, 1.54) is 35.2 Å². The zero-order chi connectivity index (χ0) is 33.4. The Morgan fingerprint density at radius 1 is 0.872 bits per heavy atom. The summed E-state index contributed by atoms with van der Waals surface area (Å²) in [6.45, 7) is 1.15. The zero-order valence-corrected chi connectivity index (χ0v) is 28.7. The Kier molecular flexibility index (Phi) is 11.5. The van der Waals surface area contributed by atoms with Gasteiger partial charge in [-0.3, -0.25) is 13.9 Å². The third-order valence-electron chi connectivity index (χ3n) is 8.47. The molecule has 0 radical (unpaired) electrons. The molecule has 7 nitrogen and oxygen atoms in total. The number of nitrogens with zero attached hydrogens (tertiary/aromatic N) is 2. The number of rotatable bonds is 12. The molecule has 0 aromatic heterocycles. The molecular formula is C37H39BrFN3O4S.